The number of rotatable bonds is 4. The van der Waals surface area contributed by atoms with Crippen LogP contribution in [0.25, 0.3) is 0 Å². The van der Waals surface area contributed by atoms with E-state index in [0.717, 1.165) is 22.9 Å². The molecule has 1 aromatic carbocycles. The highest BCUT2D eigenvalue weighted by Gasteiger charge is 2.37. The minimum absolute atomic E-state index is 0.00540. The van der Waals surface area contributed by atoms with E-state index < -0.39 is 5.92 Å². The number of nitriles is 1. The standard InChI is InChI=1S/C15H16BrNO2/c1-2-14-12(7-8-19-14)15(18)13(9-17)10-3-5-11(16)6-4-10/h3-6,12-14H,2,7-8H2,1H3. The molecule has 1 aromatic rings. The molecule has 0 N–H and O–H groups in total. The average molecular weight is 322 g/mol. The zero-order valence-corrected chi connectivity index (χ0v) is 12.4. The summed E-state index contributed by atoms with van der Waals surface area (Å²) in [6, 6.07) is 9.50. The number of nitrogens with zero attached hydrogens (tertiary/aromatic N) is 1. The summed E-state index contributed by atoms with van der Waals surface area (Å²) in [4.78, 5) is 12.5. The van der Waals surface area contributed by atoms with Crippen molar-refractivity contribution in [3.05, 3.63) is 34.3 Å². The highest BCUT2D eigenvalue weighted by Crippen LogP contribution is 2.30. The summed E-state index contributed by atoms with van der Waals surface area (Å²) in [7, 11) is 0. The maximum Gasteiger partial charge on any atom is 0.160 e. The number of hydrogen-bond donors (Lipinski definition) is 0. The Hall–Kier alpha value is -1.18. The Morgan fingerprint density at radius 3 is 2.79 bits per heavy atom. The fourth-order valence-corrected chi connectivity index (χ4v) is 2.81. The number of Topliss-reactive ketones (excluding diaryl/α,β-unsaturated/α-hetero) is 1. The third kappa shape index (κ3) is 3.05. The quantitative estimate of drug-likeness (QED) is 0.853. The fourth-order valence-electron chi connectivity index (χ4n) is 2.55. The van der Waals surface area contributed by atoms with E-state index in [0.29, 0.717) is 6.61 Å². The van der Waals surface area contributed by atoms with Crippen LogP contribution in [0.2, 0.25) is 0 Å². The van der Waals surface area contributed by atoms with Gasteiger partial charge in [0.15, 0.2) is 5.78 Å². The first-order chi connectivity index (χ1) is 9.17. The van der Waals surface area contributed by atoms with Gasteiger partial charge < -0.3 is 4.74 Å². The molecular weight excluding hydrogens is 306 g/mol. The van der Waals surface area contributed by atoms with Crippen LogP contribution in [0, 0.1) is 17.2 Å². The molecule has 0 saturated carbocycles. The van der Waals surface area contributed by atoms with E-state index in [-0.39, 0.29) is 17.8 Å². The summed E-state index contributed by atoms with van der Waals surface area (Å²) in [5.41, 5.74) is 0.762. The zero-order chi connectivity index (χ0) is 13.8. The molecule has 0 aliphatic carbocycles. The van der Waals surface area contributed by atoms with Crippen LogP contribution in [-0.4, -0.2) is 18.5 Å². The van der Waals surface area contributed by atoms with Crippen LogP contribution >= 0.6 is 15.9 Å². The lowest BCUT2D eigenvalue weighted by Gasteiger charge is -2.18. The van der Waals surface area contributed by atoms with Crippen molar-refractivity contribution in [2.75, 3.05) is 6.61 Å². The smallest absolute Gasteiger partial charge is 0.160 e. The first kappa shape index (κ1) is 14.2. The van der Waals surface area contributed by atoms with Crippen molar-refractivity contribution in [1.82, 2.24) is 0 Å². The fraction of sp³-hybridized carbons (Fsp3) is 0.467. The van der Waals surface area contributed by atoms with Gasteiger partial charge in [-0.15, -0.1) is 0 Å². The molecular formula is C15H16BrNO2. The molecule has 1 fully saturated rings. The molecule has 100 valence electrons. The molecule has 19 heavy (non-hydrogen) atoms. The van der Waals surface area contributed by atoms with Crippen LogP contribution < -0.4 is 0 Å². The van der Waals surface area contributed by atoms with Crippen molar-refractivity contribution >= 4 is 21.7 Å². The first-order valence-corrected chi connectivity index (χ1v) is 7.27. The van der Waals surface area contributed by atoms with E-state index in [4.69, 9.17) is 4.74 Å². The monoisotopic (exact) mass is 321 g/mol. The van der Waals surface area contributed by atoms with Crippen molar-refractivity contribution in [2.45, 2.75) is 31.8 Å². The first-order valence-electron chi connectivity index (χ1n) is 6.47. The van der Waals surface area contributed by atoms with E-state index >= 15 is 0 Å². The van der Waals surface area contributed by atoms with Gasteiger partial charge >= 0.3 is 0 Å². The van der Waals surface area contributed by atoms with Crippen LogP contribution in [0.15, 0.2) is 28.7 Å². The number of carbonyl (C=O) groups is 1. The summed E-state index contributed by atoms with van der Waals surface area (Å²) in [5, 5.41) is 9.32. The highest BCUT2D eigenvalue weighted by atomic mass is 79.9. The molecule has 2 rings (SSSR count). The Morgan fingerprint density at radius 1 is 1.53 bits per heavy atom. The Balaban J connectivity index is 2.20. The number of benzene rings is 1. The van der Waals surface area contributed by atoms with Crippen LogP contribution in [0.1, 0.15) is 31.2 Å². The van der Waals surface area contributed by atoms with Gasteiger partial charge in [-0.2, -0.15) is 5.26 Å². The molecule has 4 heteroatoms. The zero-order valence-electron chi connectivity index (χ0n) is 10.8. The van der Waals surface area contributed by atoms with Gasteiger partial charge in [0.1, 0.15) is 5.92 Å². The van der Waals surface area contributed by atoms with Crippen LogP contribution in [0.5, 0.6) is 0 Å². The Morgan fingerprint density at radius 2 is 2.21 bits per heavy atom. The molecule has 3 unspecified atom stereocenters. The molecule has 3 nitrogen and oxygen atoms in total. The molecule has 3 atom stereocenters. The van der Waals surface area contributed by atoms with E-state index in [2.05, 4.69) is 22.0 Å². The second-order valence-corrected chi connectivity index (χ2v) is 5.64. The summed E-state index contributed by atoms with van der Waals surface area (Å²) >= 11 is 3.35. The third-order valence-corrected chi connectivity index (χ3v) is 4.12. The van der Waals surface area contributed by atoms with Crippen molar-refractivity contribution in [3.63, 3.8) is 0 Å². The minimum Gasteiger partial charge on any atom is -0.377 e. The van der Waals surface area contributed by atoms with Crippen LogP contribution in [0.3, 0.4) is 0 Å². The normalized spacial score (nSPS) is 23.8. The van der Waals surface area contributed by atoms with Gasteiger partial charge in [0.2, 0.25) is 0 Å². The van der Waals surface area contributed by atoms with Crippen LogP contribution in [-0.2, 0) is 9.53 Å². The largest absolute Gasteiger partial charge is 0.377 e. The van der Waals surface area contributed by atoms with Gasteiger partial charge in [-0.25, -0.2) is 0 Å². The van der Waals surface area contributed by atoms with Gasteiger partial charge in [0, 0.05) is 17.0 Å². The lowest BCUT2D eigenvalue weighted by atomic mass is 9.84. The van der Waals surface area contributed by atoms with E-state index in [9.17, 15) is 10.1 Å². The van der Waals surface area contributed by atoms with Gasteiger partial charge in [-0.3, -0.25) is 4.79 Å². The van der Waals surface area contributed by atoms with Crippen molar-refractivity contribution in [1.29, 1.82) is 5.26 Å². The second kappa shape index (κ2) is 6.31. The summed E-state index contributed by atoms with van der Waals surface area (Å²) in [5.74, 6) is -0.832. The Labute approximate surface area is 121 Å². The predicted octanol–water partition coefficient (Wildman–Crippen LogP) is 3.44. The SMILES string of the molecule is CCC1OCCC1C(=O)C(C#N)c1ccc(Br)cc1. The number of halogens is 1. The second-order valence-electron chi connectivity index (χ2n) is 4.73. The molecule has 0 spiro atoms. The van der Waals surface area contributed by atoms with E-state index in [1.165, 1.54) is 0 Å². The third-order valence-electron chi connectivity index (χ3n) is 3.59. The molecule has 0 amide bonds. The van der Waals surface area contributed by atoms with Crippen molar-refractivity contribution in [2.24, 2.45) is 5.92 Å². The van der Waals surface area contributed by atoms with Crippen molar-refractivity contribution in [3.8, 4) is 6.07 Å². The highest BCUT2D eigenvalue weighted by molar-refractivity contribution is 9.10. The van der Waals surface area contributed by atoms with Gasteiger partial charge in [-0.05, 0) is 30.5 Å². The number of hydrogen-bond acceptors (Lipinski definition) is 3. The van der Waals surface area contributed by atoms with Gasteiger partial charge in [0.25, 0.3) is 0 Å². The minimum atomic E-state index is -0.686. The molecule has 1 aliphatic rings. The van der Waals surface area contributed by atoms with Gasteiger partial charge in [0.05, 0.1) is 12.2 Å². The van der Waals surface area contributed by atoms with Crippen LogP contribution in [0.4, 0.5) is 0 Å². The summed E-state index contributed by atoms with van der Waals surface area (Å²) < 4.78 is 6.49. The Kier molecular flexibility index (Phi) is 4.73. The molecule has 0 bridgehead atoms. The van der Waals surface area contributed by atoms with E-state index in [1.807, 2.05) is 31.2 Å². The molecule has 1 aliphatic heterocycles. The average Bonchev–Trinajstić information content (AvgIpc) is 2.90. The van der Waals surface area contributed by atoms with Crippen molar-refractivity contribution < 1.29 is 9.53 Å². The predicted molar refractivity (Wildman–Crippen MR) is 75.6 cm³/mol. The molecule has 0 aromatic heterocycles. The molecule has 1 heterocycles. The maximum atomic E-state index is 12.5. The lowest BCUT2D eigenvalue weighted by Crippen LogP contribution is -2.28. The molecule has 1 saturated heterocycles. The lowest BCUT2D eigenvalue weighted by molar-refractivity contribution is -0.124. The number of ether oxygens (including phenoxy) is 1. The van der Waals surface area contributed by atoms with E-state index in [1.54, 1.807) is 0 Å². The number of ketones is 1. The summed E-state index contributed by atoms with van der Waals surface area (Å²) in [6.45, 7) is 2.63. The van der Waals surface area contributed by atoms with Gasteiger partial charge in [-0.1, -0.05) is 35.0 Å². The number of carbonyl (C=O) groups excluding carboxylic acids is 1. The molecule has 0 radical (unpaired) electrons. The Bertz CT molecular complexity index is 492. The topological polar surface area (TPSA) is 50.1 Å². The summed E-state index contributed by atoms with van der Waals surface area (Å²) in [6.07, 6.45) is 1.51. The maximum absolute atomic E-state index is 12.5.